The fraction of sp³-hybridized carbons (Fsp3) is 0.526. The summed E-state index contributed by atoms with van der Waals surface area (Å²) < 4.78 is 0. The van der Waals surface area contributed by atoms with Gasteiger partial charge >= 0.3 is 5.97 Å². The smallest absolute Gasteiger partial charge is 0.326 e. The molecule has 0 heterocycles. The molecule has 0 aromatic heterocycles. The van der Waals surface area contributed by atoms with E-state index >= 15 is 0 Å². The van der Waals surface area contributed by atoms with Gasteiger partial charge in [0.15, 0.2) is 5.78 Å². The molecular formula is C19H25NO4. The Balaban J connectivity index is 1.88. The number of fused-ring (bicyclic) bond motifs is 1. The molecule has 0 fully saturated rings. The van der Waals surface area contributed by atoms with Gasteiger partial charge in [-0.2, -0.15) is 0 Å². The molecule has 1 aliphatic carbocycles. The quantitative estimate of drug-likeness (QED) is 0.718. The second-order valence-electron chi connectivity index (χ2n) is 6.36. The standard InChI is InChI=1S/C19H25NO4/c1-2-5-16(19(23)24)20-18(22)11-10-17(21)15-9-8-13-6-3-4-7-14(13)12-15/h8-9,12,16H,2-7,10-11H2,1H3,(H,20,22)(H,23,24). The Labute approximate surface area is 142 Å². The van der Waals surface area contributed by atoms with Crippen LogP contribution in [0.4, 0.5) is 0 Å². The fourth-order valence-corrected chi connectivity index (χ4v) is 3.09. The van der Waals surface area contributed by atoms with Crippen molar-refractivity contribution < 1.29 is 19.5 Å². The molecule has 1 unspecified atom stereocenters. The number of benzene rings is 1. The second kappa shape index (κ2) is 8.62. The maximum Gasteiger partial charge on any atom is 0.326 e. The van der Waals surface area contributed by atoms with Crippen molar-refractivity contribution in [2.45, 2.75) is 64.3 Å². The molecule has 0 spiro atoms. The Hall–Kier alpha value is -2.17. The first-order valence-electron chi connectivity index (χ1n) is 8.68. The number of carboxylic acid groups (broad SMARTS) is 1. The predicted octanol–water partition coefficient (Wildman–Crippen LogP) is 2.90. The normalized spacial score (nSPS) is 14.5. The SMILES string of the molecule is CCCC(NC(=O)CCC(=O)c1ccc2c(c1)CCCC2)C(=O)O. The monoisotopic (exact) mass is 331 g/mol. The maximum absolute atomic E-state index is 12.3. The summed E-state index contributed by atoms with van der Waals surface area (Å²) in [4.78, 5) is 35.2. The van der Waals surface area contributed by atoms with Crippen LogP contribution in [0.5, 0.6) is 0 Å². The number of carbonyl (C=O) groups excluding carboxylic acids is 2. The predicted molar refractivity (Wildman–Crippen MR) is 91.1 cm³/mol. The van der Waals surface area contributed by atoms with E-state index in [2.05, 4.69) is 5.32 Å². The van der Waals surface area contributed by atoms with Crippen LogP contribution in [0.15, 0.2) is 18.2 Å². The minimum atomic E-state index is -1.04. The molecule has 2 N–H and O–H groups in total. The van der Waals surface area contributed by atoms with Gasteiger partial charge in [0.1, 0.15) is 6.04 Å². The van der Waals surface area contributed by atoms with Crippen molar-refractivity contribution in [3.63, 3.8) is 0 Å². The highest BCUT2D eigenvalue weighted by Gasteiger charge is 2.19. The molecule has 1 aromatic carbocycles. The average molecular weight is 331 g/mol. The van der Waals surface area contributed by atoms with E-state index in [9.17, 15) is 14.4 Å². The zero-order valence-corrected chi connectivity index (χ0v) is 14.1. The van der Waals surface area contributed by atoms with E-state index in [0.29, 0.717) is 18.4 Å². The number of carbonyl (C=O) groups is 3. The van der Waals surface area contributed by atoms with Crippen LogP contribution in [0, 0.1) is 0 Å². The van der Waals surface area contributed by atoms with Crippen molar-refractivity contribution >= 4 is 17.7 Å². The first-order valence-corrected chi connectivity index (χ1v) is 8.68. The van der Waals surface area contributed by atoms with Crippen molar-refractivity contribution in [2.75, 3.05) is 0 Å². The van der Waals surface area contributed by atoms with Crippen LogP contribution in [0.2, 0.25) is 0 Å². The van der Waals surface area contributed by atoms with Crippen LogP contribution in [0.3, 0.4) is 0 Å². The number of nitrogens with one attached hydrogen (secondary N) is 1. The molecule has 24 heavy (non-hydrogen) atoms. The van der Waals surface area contributed by atoms with Gasteiger partial charge in [-0.05, 0) is 49.3 Å². The second-order valence-corrected chi connectivity index (χ2v) is 6.36. The Bertz CT molecular complexity index is 624. The first-order chi connectivity index (χ1) is 11.5. The van der Waals surface area contributed by atoms with Gasteiger partial charge in [0, 0.05) is 18.4 Å². The molecule has 1 aromatic rings. The number of aryl methyl sites for hydroxylation is 2. The first kappa shape index (κ1) is 18.2. The largest absolute Gasteiger partial charge is 0.480 e. The summed E-state index contributed by atoms with van der Waals surface area (Å²) in [7, 11) is 0. The number of hydrogen-bond donors (Lipinski definition) is 2. The van der Waals surface area contributed by atoms with Crippen LogP contribution in [-0.4, -0.2) is 28.8 Å². The minimum absolute atomic E-state index is 0.0173. The Morgan fingerprint density at radius 2 is 1.83 bits per heavy atom. The third kappa shape index (κ3) is 4.91. The third-order valence-electron chi connectivity index (χ3n) is 4.46. The van der Waals surface area contributed by atoms with Crippen LogP contribution < -0.4 is 5.32 Å². The molecule has 5 nitrogen and oxygen atoms in total. The molecule has 0 radical (unpaired) electrons. The van der Waals surface area contributed by atoms with Crippen molar-refractivity contribution in [3.8, 4) is 0 Å². The summed E-state index contributed by atoms with van der Waals surface area (Å²) in [6, 6.07) is 4.93. The van der Waals surface area contributed by atoms with Gasteiger partial charge in [0.05, 0.1) is 0 Å². The molecule has 5 heteroatoms. The van der Waals surface area contributed by atoms with E-state index < -0.39 is 12.0 Å². The highest BCUT2D eigenvalue weighted by Crippen LogP contribution is 2.22. The van der Waals surface area contributed by atoms with Crippen molar-refractivity contribution in [2.24, 2.45) is 0 Å². The lowest BCUT2D eigenvalue weighted by atomic mass is 9.89. The molecular weight excluding hydrogens is 306 g/mol. The lowest BCUT2D eigenvalue weighted by Crippen LogP contribution is -2.40. The molecule has 1 amide bonds. The number of hydrogen-bond acceptors (Lipinski definition) is 3. The van der Waals surface area contributed by atoms with Gasteiger partial charge in [-0.3, -0.25) is 9.59 Å². The van der Waals surface area contributed by atoms with Crippen LogP contribution in [0.1, 0.15) is 66.9 Å². The zero-order valence-electron chi connectivity index (χ0n) is 14.1. The van der Waals surface area contributed by atoms with Gasteiger partial charge in [-0.25, -0.2) is 4.79 Å². The van der Waals surface area contributed by atoms with Crippen molar-refractivity contribution in [1.82, 2.24) is 5.32 Å². The lowest BCUT2D eigenvalue weighted by molar-refractivity contribution is -0.142. The van der Waals surface area contributed by atoms with Crippen LogP contribution in [-0.2, 0) is 22.4 Å². The Morgan fingerprint density at radius 3 is 2.50 bits per heavy atom. The molecule has 1 atom stereocenters. The number of rotatable bonds is 8. The van der Waals surface area contributed by atoms with E-state index in [1.54, 1.807) is 0 Å². The molecule has 0 aliphatic heterocycles. The number of ketones is 1. The number of Topliss-reactive ketones (excluding diaryl/α,β-unsaturated/α-hetero) is 1. The van der Waals surface area contributed by atoms with Gasteiger partial charge in [-0.1, -0.05) is 25.5 Å². The number of carboxylic acids is 1. The highest BCUT2D eigenvalue weighted by atomic mass is 16.4. The third-order valence-corrected chi connectivity index (χ3v) is 4.46. The van der Waals surface area contributed by atoms with Crippen LogP contribution in [0.25, 0.3) is 0 Å². The van der Waals surface area contributed by atoms with E-state index in [1.807, 2.05) is 25.1 Å². The molecule has 0 saturated heterocycles. The molecule has 130 valence electrons. The summed E-state index contributed by atoms with van der Waals surface area (Å²) in [6.45, 7) is 1.86. The van der Waals surface area contributed by atoms with Gasteiger partial charge in [0.25, 0.3) is 0 Å². The lowest BCUT2D eigenvalue weighted by Gasteiger charge is -2.16. The Morgan fingerprint density at radius 1 is 1.12 bits per heavy atom. The number of amides is 1. The average Bonchev–Trinajstić information content (AvgIpc) is 2.58. The summed E-state index contributed by atoms with van der Waals surface area (Å²) in [5, 5.41) is 11.5. The van der Waals surface area contributed by atoms with Crippen molar-refractivity contribution in [1.29, 1.82) is 0 Å². The Kier molecular flexibility index (Phi) is 6.53. The van der Waals surface area contributed by atoms with Gasteiger partial charge in [-0.15, -0.1) is 0 Å². The van der Waals surface area contributed by atoms with E-state index in [-0.39, 0.29) is 24.5 Å². The van der Waals surface area contributed by atoms with E-state index in [1.165, 1.54) is 17.5 Å². The minimum Gasteiger partial charge on any atom is -0.480 e. The molecule has 0 bridgehead atoms. The molecule has 2 rings (SSSR count). The zero-order chi connectivity index (χ0) is 17.5. The number of aliphatic carboxylic acids is 1. The molecule has 0 saturated carbocycles. The highest BCUT2D eigenvalue weighted by molar-refractivity contribution is 5.98. The summed E-state index contributed by atoms with van der Waals surface area (Å²) >= 11 is 0. The molecule has 1 aliphatic rings. The van der Waals surface area contributed by atoms with Crippen molar-refractivity contribution in [3.05, 3.63) is 34.9 Å². The summed E-state index contributed by atoms with van der Waals surface area (Å²) in [5.74, 6) is -1.49. The van der Waals surface area contributed by atoms with E-state index in [4.69, 9.17) is 5.11 Å². The summed E-state index contributed by atoms with van der Waals surface area (Å²) in [6.07, 6.45) is 5.61. The van der Waals surface area contributed by atoms with E-state index in [0.717, 1.165) is 19.3 Å². The fourth-order valence-electron chi connectivity index (χ4n) is 3.09. The van der Waals surface area contributed by atoms with Gasteiger partial charge < -0.3 is 10.4 Å². The topological polar surface area (TPSA) is 83.5 Å². The van der Waals surface area contributed by atoms with Crippen LogP contribution >= 0.6 is 0 Å². The maximum atomic E-state index is 12.3. The summed E-state index contributed by atoms with van der Waals surface area (Å²) in [5.41, 5.74) is 3.21. The van der Waals surface area contributed by atoms with Gasteiger partial charge in [0.2, 0.25) is 5.91 Å².